The first-order valence-electron chi connectivity index (χ1n) is 20.4. The van der Waals surface area contributed by atoms with Crippen LogP contribution in [0.4, 0.5) is 0 Å². The van der Waals surface area contributed by atoms with Crippen LogP contribution in [0, 0.1) is 62.1 Å². The van der Waals surface area contributed by atoms with Crippen molar-refractivity contribution in [3.63, 3.8) is 0 Å². The molecule has 10 atom stereocenters. The third-order valence-electron chi connectivity index (χ3n) is 16.7. The number of allylic oxidation sites excluding steroid dienone is 1. The number of carbonyl (C=O) groups excluding carboxylic acids is 2. The summed E-state index contributed by atoms with van der Waals surface area (Å²) in [7, 11) is 0. The Hall–Kier alpha value is -2.05. The van der Waals surface area contributed by atoms with E-state index in [0.717, 1.165) is 50.5 Å². The normalized spacial score (nSPS) is 38.8. The fraction of sp³-hybridized carbons (Fsp3) is 0.756. The van der Waals surface area contributed by atoms with Crippen LogP contribution in [0.2, 0.25) is 10.0 Å². The molecule has 0 heterocycles. The highest BCUT2D eigenvalue weighted by atomic mass is 35.5. The van der Waals surface area contributed by atoms with Gasteiger partial charge in [0.05, 0.1) is 22.9 Å². The minimum atomic E-state index is -0.891. The topological polar surface area (TPSA) is 92.7 Å². The predicted molar refractivity (Wildman–Crippen MR) is 212 cm³/mol. The largest absolute Gasteiger partial charge is 0.481 e. The van der Waals surface area contributed by atoms with E-state index < -0.39 is 11.4 Å². The van der Waals surface area contributed by atoms with Gasteiger partial charge in [-0.25, -0.2) is 0 Å². The van der Waals surface area contributed by atoms with E-state index in [4.69, 9.17) is 27.9 Å². The summed E-state index contributed by atoms with van der Waals surface area (Å²) in [6.45, 7) is 23.3. The van der Waals surface area contributed by atoms with Crippen LogP contribution in [0.5, 0.6) is 0 Å². The van der Waals surface area contributed by atoms with Crippen LogP contribution in [0.25, 0.3) is 0 Å². The molecular formula is C45H65Cl2NO5. The lowest BCUT2D eigenvalue weighted by molar-refractivity contribution is -0.250. The number of carbonyl (C=O) groups is 3. The van der Waals surface area contributed by atoms with Crippen LogP contribution in [-0.2, 0) is 25.7 Å². The van der Waals surface area contributed by atoms with Crippen LogP contribution in [-0.4, -0.2) is 29.1 Å². The van der Waals surface area contributed by atoms with Crippen molar-refractivity contribution in [2.45, 2.75) is 152 Å². The first-order chi connectivity index (χ1) is 24.6. The van der Waals surface area contributed by atoms with E-state index in [1.54, 1.807) is 6.07 Å². The van der Waals surface area contributed by atoms with Gasteiger partial charge in [-0.15, -0.1) is 0 Å². The van der Waals surface area contributed by atoms with Gasteiger partial charge in [-0.05, 0) is 139 Å². The van der Waals surface area contributed by atoms with Crippen molar-refractivity contribution in [1.82, 2.24) is 5.32 Å². The second-order valence-corrected chi connectivity index (χ2v) is 21.2. The van der Waals surface area contributed by atoms with Gasteiger partial charge in [0, 0.05) is 18.4 Å². The zero-order valence-electron chi connectivity index (χ0n) is 33.6. The third kappa shape index (κ3) is 6.91. The Morgan fingerprint density at radius 2 is 1.62 bits per heavy atom. The number of hydrogen-bond donors (Lipinski definition) is 2. The number of esters is 1. The second kappa shape index (κ2) is 14.2. The van der Waals surface area contributed by atoms with E-state index in [-0.39, 0.29) is 57.9 Å². The van der Waals surface area contributed by atoms with Crippen molar-refractivity contribution < 1.29 is 24.2 Å². The average Bonchev–Trinajstić information content (AvgIpc) is 3.42. The number of benzene rings is 1. The average molecular weight is 771 g/mol. The summed E-state index contributed by atoms with van der Waals surface area (Å²) in [5, 5.41) is 13.6. The highest BCUT2D eigenvalue weighted by Crippen LogP contribution is 2.78. The molecule has 5 saturated carbocycles. The Kier molecular flexibility index (Phi) is 10.8. The first kappa shape index (κ1) is 40.6. The maximum Gasteiger partial charge on any atom is 0.306 e. The molecule has 5 fully saturated rings. The summed E-state index contributed by atoms with van der Waals surface area (Å²) in [6.07, 6.45) is 11.4. The molecule has 294 valence electrons. The number of aliphatic carboxylic acids is 1. The molecule has 0 aromatic heterocycles. The SMILES string of the molecule is C=C(C)[C@@H]1CC[C@]2(CC(=O)NCc3cccc(Cl)c3Cl)CC[C@]3(C)[C@H](CC[C@@H]4[C@@]5(C)CC[C@H](OC(=O)CC(C)(C)CC(=O)O)C(C)(C)[C@@H]5CC[C@]43C)[C@@H]12. The maximum atomic E-state index is 13.8. The molecule has 5 aliphatic rings. The van der Waals surface area contributed by atoms with Crippen molar-refractivity contribution >= 4 is 41.0 Å². The third-order valence-corrected chi connectivity index (χ3v) is 17.6. The number of rotatable bonds is 10. The van der Waals surface area contributed by atoms with Gasteiger partial charge >= 0.3 is 11.9 Å². The van der Waals surface area contributed by atoms with E-state index in [2.05, 4.69) is 53.4 Å². The number of hydrogen-bond acceptors (Lipinski definition) is 4. The van der Waals surface area contributed by atoms with Crippen molar-refractivity contribution in [1.29, 1.82) is 0 Å². The Bertz CT molecular complexity index is 1640. The second-order valence-electron chi connectivity index (χ2n) is 20.5. The van der Waals surface area contributed by atoms with Crippen molar-refractivity contribution in [3.8, 4) is 0 Å². The minimum Gasteiger partial charge on any atom is -0.481 e. The molecule has 0 saturated heterocycles. The molecule has 1 aromatic carbocycles. The number of carboxylic acid groups (broad SMARTS) is 1. The van der Waals surface area contributed by atoms with E-state index in [0.29, 0.717) is 52.6 Å². The van der Waals surface area contributed by atoms with Crippen molar-refractivity contribution in [3.05, 3.63) is 46.0 Å². The summed E-state index contributed by atoms with van der Waals surface area (Å²) >= 11 is 12.7. The number of amides is 1. The number of halogens is 2. The fourth-order valence-corrected chi connectivity index (χ4v) is 14.5. The Balaban J connectivity index is 1.21. The zero-order chi connectivity index (χ0) is 38.9. The van der Waals surface area contributed by atoms with Gasteiger partial charge in [-0.3, -0.25) is 14.4 Å². The summed E-state index contributed by atoms with van der Waals surface area (Å²) in [5.41, 5.74) is 1.72. The molecule has 6 rings (SSSR count). The molecule has 0 spiro atoms. The van der Waals surface area contributed by atoms with Gasteiger partial charge in [0.2, 0.25) is 5.91 Å². The maximum absolute atomic E-state index is 13.8. The Labute approximate surface area is 328 Å². The van der Waals surface area contributed by atoms with Crippen molar-refractivity contribution in [2.24, 2.45) is 62.1 Å². The van der Waals surface area contributed by atoms with Gasteiger partial charge < -0.3 is 15.2 Å². The molecule has 0 radical (unpaired) electrons. The lowest BCUT2D eigenvalue weighted by Crippen LogP contribution is -2.67. The smallest absolute Gasteiger partial charge is 0.306 e. The summed E-state index contributed by atoms with van der Waals surface area (Å²) in [5.74, 6) is 1.36. The molecule has 0 unspecified atom stereocenters. The van der Waals surface area contributed by atoms with Crippen LogP contribution in [0.15, 0.2) is 30.4 Å². The molecule has 0 bridgehead atoms. The predicted octanol–water partition coefficient (Wildman–Crippen LogP) is 11.5. The first-order valence-corrected chi connectivity index (χ1v) is 21.1. The van der Waals surface area contributed by atoms with Gasteiger partial charge in [0.15, 0.2) is 0 Å². The number of nitrogens with one attached hydrogen (secondary N) is 1. The van der Waals surface area contributed by atoms with Crippen molar-refractivity contribution in [2.75, 3.05) is 0 Å². The van der Waals surface area contributed by atoms with E-state index in [9.17, 15) is 19.5 Å². The molecule has 2 N–H and O–H groups in total. The van der Waals surface area contributed by atoms with Gasteiger partial charge in [0.1, 0.15) is 6.10 Å². The lowest BCUT2D eigenvalue weighted by Gasteiger charge is -2.73. The van der Waals surface area contributed by atoms with Crippen LogP contribution >= 0.6 is 23.2 Å². The van der Waals surface area contributed by atoms with E-state index in [1.807, 2.05) is 26.0 Å². The summed E-state index contributed by atoms with van der Waals surface area (Å²) in [6, 6.07) is 5.57. The van der Waals surface area contributed by atoms with Crippen LogP contribution < -0.4 is 5.32 Å². The van der Waals surface area contributed by atoms with Crippen LogP contribution in [0.1, 0.15) is 144 Å². The molecule has 1 aromatic rings. The Morgan fingerprint density at radius 3 is 2.30 bits per heavy atom. The molecule has 6 nitrogen and oxygen atoms in total. The monoisotopic (exact) mass is 769 g/mol. The van der Waals surface area contributed by atoms with E-state index in [1.165, 1.54) is 24.8 Å². The highest BCUT2D eigenvalue weighted by Gasteiger charge is 2.71. The fourth-order valence-electron chi connectivity index (χ4n) is 14.1. The standard InChI is InChI=1S/C45H65Cl2NO5/c1-27(2)29-15-20-45(23-35(49)48-26-28-11-10-12-31(46)39(28)47)22-21-43(8)30(38(29)45)13-14-33-42(7)18-17-34(41(5,6)32(42)16-19-44(33,43)9)53-37(52)25-40(3,4)24-36(50)51/h10-12,29-30,32-34,38H,1,13-26H2,2-9H3,(H,48,49)(H,50,51)/t29-,30+,32-,33+,34-,38+,42-,43+,44+,45+/m0/s1. The summed E-state index contributed by atoms with van der Waals surface area (Å²) in [4.78, 5) is 38.5. The summed E-state index contributed by atoms with van der Waals surface area (Å²) < 4.78 is 6.28. The van der Waals surface area contributed by atoms with Crippen LogP contribution in [0.3, 0.4) is 0 Å². The molecule has 53 heavy (non-hydrogen) atoms. The highest BCUT2D eigenvalue weighted by molar-refractivity contribution is 6.42. The van der Waals surface area contributed by atoms with Gasteiger partial charge in [0.25, 0.3) is 0 Å². The minimum absolute atomic E-state index is 0.0245. The molecule has 0 aliphatic heterocycles. The Morgan fingerprint density at radius 1 is 0.906 bits per heavy atom. The lowest BCUT2D eigenvalue weighted by atomic mass is 9.32. The zero-order valence-corrected chi connectivity index (χ0v) is 35.2. The quantitative estimate of drug-likeness (QED) is 0.183. The molecule has 1 amide bonds. The van der Waals surface area contributed by atoms with Gasteiger partial charge in [-0.1, -0.05) is 96.0 Å². The molecule has 5 aliphatic carbocycles. The molecule has 8 heteroatoms. The van der Waals surface area contributed by atoms with E-state index >= 15 is 0 Å². The number of fused-ring (bicyclic) bond motifs is 7. The van der Waals surface area contributed by atoms with Gasteiger partial charge in [-0.2, -0.15) is 0 Å². The number of carboxylic acids is 1. The number of ether oxygens (including phenoxy) is 1. The molecular weight excluding hydrogens is 705 g/mol.